The maximum atomic E-state index is 13.1. The Labute approximate surface area is 132 Å². The molecule has 0 unspecified atom stereocenters. The molecule has 1 heterocycles. The van der Waals surface area contributed by atoms with Crippen molar-refractivity contribution < 1.29 is 19.1 Å². The third-order valence-corrected chi connectivity index (χ3v) is 4.17. The molecule has 0 fully saturated rings. The van der Waals surface area contributed by atoms with Gasteiger partial charge in [0, 0.05) is 22.8 Å². The molecule has 2 aromatic rings. The van der Waals surface area contributed by atoms with Crippen LogP contribution in [-0.2, 0) is 6.42 Å². The van der Waals surface area contributed by atoms with Crippen LogP contribution in [0.3, 0.4) is 0 Å². The average Bonchev–Trinajstić information content (AvgIpc) is 2.90. The number of benzene rings is 1. The first-order chi connectivity index (χ1) is 9.97. The second-order valence-corrected chi connectivity index (χ2v) is 5.86. The fourth-order valence-electron chi connectivity index (χ4n) is 1.57. The lowest BCUT2D eigenvalue weighted by molar-refractivity contribution is 0.0690. The largest absolute Gasteiger partial charge is 0.476 e. The van der Waals surface area contributed by atoms with E-state index in [4.69, 9.17) is 5.11 Å². The lowest BCUT2D eigenvalue weighted by Crippen LogP contribution is -2.26. The summed E-state index contributed by atoms with van der Waals surface area (Å²) in [7, 11) is 0. The minimum atomic E-state index is -1.08. The molecule has 0 radical (unpaired) electrons. The number of thiazole rings is 1. The van der Waals surface area contributed by atoms with Gasteiger partial charge in [-0.15, -0.1) is 11.3 Å². The van der Waals surface area contributed by atoms with E-state index in [1.807, 2.05) is 0 Å². The maximum Gasteiger partial charge on any atom is 0.355 e. The Hall–Kier alpha value is -1.80. The normalized spacial score (nSPS) is 10.4. The van der Waals surface area contributed by atoms with E-state index in [0.29, 0.717) is 15.9 Å². The van der Waals surface area contributed by atoms with Crippen molar-refractivity contribution >= 4 is 39.1 Å². The van der Waals surface area contributed by atoms with Gasteiger partial charge in [-0.25, -0.2) is 14.2 Å². The fourth-order valence-corrected chi connectivity index (χ4v) is 2.77. The number of carbonyl (C=O) groups excluding carboxylic acids is 1. The number of amides is 1. The minimum Gasteiger partial charge on any atom is -0.476 e. The van der Waals surface area contributed by atoms with Gasteiger partial charge in [-0.3, -0.25) is 4.79 Å². The topological polar surface area (TPSA) is 79.3 Å². The number of aromatic carboxylic acids is 1. The van der Waals surface area contributed by atoms with Crippen molar-refractivity contribution in [1.82, 2.24) is 10.3 Å². The van der Waals surface area contributed by atoms with Crippen LogP contribution in [0.2, 0.25) is 0 Å². The number of carboxylic acid groups (broad SMARTS) is 1. The molecule has 8 heteroatoms. The van der Waals surface area contributed by atoms with Crippen LogP contribution in [-0.4, -0.2) is 28.5 Å². The highest BCUT2D eigenvalue weighted by molar-refractivity contribution is 9.10. The molecule has 1 aromatic carbocycles. The van der Waals surface area contributed by atoms with Crippen molar-refractivity contribution in [2.45, 2.75) is 6.42 Å². The van der Waals surface area contributed by atoms with Crippen LogP contribution in [0.5, 0.6) is 0 Å². The molecular formula is C13H10BrFN2O3S. The molecule has 21 heavy (non-hydrogen) atoms. The van der Waals surface area contributed by atoms with Crippen molar-refractivity contribution in [2.24, 2.45) is 0 Å². The van der Waals surface area contributed by atoms with Crippen molar-refractivity contribution in [2.75, 3.05) is 6.54 Å². The number of carboxylic acids is 1. The summed E-state index contributed by atoms with van der Waals surface area (Å²) < 4.78 is 13.6. The number of hydrogen-bond donors (Lipinski definition) is 2. The molecule has 0 saturated carbocycles. The first-order valence-electron chi connectivity index (χ1n) is 5.88. The van der Waals surface area contributed by atoms with Gasteiger partial charge >= 0.3 is 5.97 Å². The molecule has 0 saturated heterocycles. The van der Waals surface area contributed by atoms with E-state index in [-0.39, 0.29) is 17.8 Å². The van der Waals surface area contributed by atoms with Crippen LogP contribution < -0.4 is 5.32 Å². The standard InChI is InChI=1S/C13H10BrFN2O3S/c14-9-2-1-7(15)5-8(9)12(18)16-4-3-11-17-10(6-21-11)13(19)20/h1-2,5-6H,3-4H2,(H,16,18)(H,19,20). The zero-order chi connectivity index (χ0) is 15.4. The lowest BCUT2D eigenvalue weighted by Gasteiger charge is -2.06. The quantitative estimate of drug-likeness (QED) is 0.845. The first-order valence-corrected chi connectivity index (χ1v) is 7.55. The number of rotatable bonds is 5. The Kier molecular flexibility index (Phi) is 5.03. The molecule has 0 spiro atoms. The molecule has 5 nitrogen and oxygen atoms in total. The highest BCUT2D eigenvalue weighted by Crippen LogP contribution is 2.17. The van der Waals surface area contributed by atoms with Gasteiger partial charge in [0.15, 0.2) is 5.69 Å². The second-order valence-electron chi connectivity index (χ2n) is 4.06. The highest BCUT2D eigenvalue weighted by atomic mass is 79.9. The first kappa shape index (κ1) is 15.6. The summed E-state index contributed by atoms with van der Waals surface area (Å²) in [5.74, 6) is -1.98. The van der Waals surface area contributed by atoms with Crippen LogP contribution >= 0.6 is 27.3 Å². The number of carbonyl (C=O) groups is 2. The van der Waals surface area contributed by atoms with Crippen molar-refractivity contribution in [1.29, 1.82) is 0 Å². The smallest absolute Gasteiger partial charge is 0.355 e. The summed E-state index contributed by atoms with van der Waals surface area (Å²) in [5.41, 5.74) is 0.203. The van der Waals surface area contributed by atoms with Gasteiger partial charge in [0.2, 0.25) is 0 Å². The molecule has 0 aliphatic carbocycles. The summed E-state index contributed by atoms with van der Waals surface area (Å²) in [6, 6.07) is 3.86. The molecule has 0 aliphatic rings. The van der Waals surface area contributed by atoms with Gasteiger partial charge in [-0.05, 0) is 34.1 Å². The molecule has 0 bridgehead atoms. The van der Waals surface area contributed by atoms with Gasteiger partial charge in [0.1, 0.15) is 5.82 Å². The van der Waals surface area contributed by atoms with Crippen molar-refractivity contribution in [3.8, 4) is 0 Å². The molecule has 0 atom stereocenters. The van der Waals surface area contributed by atoms with E-state index in [9.17, 15) is 14.0 Å². The lowest BCUT2D eigenvalue weighted by atomic mass is 10.2. The molecule has 110 valence electrons. The van der Waals surface area contributed by atoms with Gasteiger partial charge in [0.05, 0.1) is 10.6 Å². The third kappa shape index (κ3) is 4.08. The highest BCUT2D eigenvalue weighted by Gasteiger charge is 2.12. The van der Waals surface area contributed by atoms with Crippen molar-refractivity contribution in [3.63, 3.8) is 0 Å². The SMILES string of the molecule is O=C(O)c1csc(CCNC(=O)c2cc(F)ccc2Br)n1. The minimum absolute atomic E-state index is 0.00537. The van der Waals surface area contributed by atoms with Crippen LogP contribution in [0.15, 0.2) is 28.1 Å². The summed E-state index contributed by atoms with van der Waals surface area (Å²) in [4.78, 5) is 26.5. The van der Waals surface area contributed by atoms with E-state index >= 15 is 0 Å². The van der Waals surface area contributed by atoms with E-state index in [1.54, 1.807) is 0 Å². The maximum absolute atomic E-state index is 13.1. The number of halogens is 2. The Morgan fingerprint density at radius 3 is 2.86 bits per heavy atom. The molecular weight excluding hydrogens is 363 g/mol. The van der Waals surface area contributed by atoms with E-state index in [2.05, 4.69) is 26.2 Å². The van der Waals surface area contributed by atoms with Crippen LogP contribution in [0, 0.1) is 5.82 Å². The molecule has 1 aromatic heterocycles. The number of hydrogen-bond acceptors (Lipinski definition) is 4. The fraction of sp³-hybridized carbons (Fsp3) is 0.154. The number of nitrogens with one attached hydrogen (secondary N) is 1. The van der Waals surface area contributed by atoms with Crippen molar-refractivity contribution in [3.05, 3.63) is 50.1 Å². The van der Waals surface area contributed by atoms with Gasteiger partial charge in [-0.2, -0.15) is 0 Å². The Bertz CT molecular complexity index is 690. The zero-order valence-corrected chi connectivity index (χ0v) is 13.0. The van der Waals surface area contributed by atoms with E-state index in [1.165, 1.54) is 28.8 Å². The van der Waals surface area contributed by atoms with Crippen LogP contribution in [0.25, 0.3) is 0 Å². The van der Waals surface area contributed by atoms with Crippen LogP contribution in [0.1, 0.15) is 25.9 Å². The molecule has 1 amide bonds. The predicted molar refractivity (Wildman–Crippen MR) is 79.2 cm³/mol. The van der Waals surface area contributed by atoms with Gasteiger partial charge in [0.25, 0.3) is 5.91 Å². The van der Waals surface area contributed by atoms with Crippen LogP contribution in [0.4, 0.5) is 4.39 Å². The third-order valence-electron chi connectivity index (χ3n) is 2.57. The summed E-state index contributed by atoms with van der Waals surface area (Å²) in [6.07, 6.45) is 0.413. The second kappa shape index (κ2) is 6.77. The monoisotopic (exact) mass is 372 g/mol. The van der Waals surface area contributed by atoms with E-state index in [0.717, 1.165) is 6.07 Å². The Balaban J connectivity index is 1.92. The zero-order valence-electron chi connectivity index (χ0n) is 10.6. The predicted octanol–water partition coefficient (Wildman–Crippen LogP) is 2.72. The average molecular weight is 373 g/mol. The molecule has 0 aliphatic heterocycles. The number of nitrogens with zero attached hydrogens (tertiary/aromatic N) is 1. The number of aromatic nitrogens is 1. The summed E-state index contributed by atoms with van der Waals surface area (Å²) in [5, 5.41) is 13.5. The van der Waals surface area contributed by atoms with Gasteiger partial charge < -0.3 is 10.4 Å². The summed E-state index contributed by atoms with van der Waals surface area (Å²) in [6.45, 7) is 0.286. The Morgan fingerprint density at radius 2 is 2.19 bits per heavy atom. The molecule has 2 N–H and O–H groups in total. The Morgan fingerprint density at radius 1 is 1.43 bits per heavy atom. The summed E-state index contributed by atoms with van der Waals surface area (Å²) >= 11 is 4.40. The molecule has 2 rings (SSSR count). The van der Waals surface area contributed by atoms with Gasteiger partial charge in [-0.1, -0.05) is 0 Å². The van der Waals surface area contributed by atoms with E-state index < -0.39 is 17.7 Å².